The predicted octanol–water partition coefficient (Wildman–Crippen LogP) is 4.70. The van der Waals surface area contributed by atoms with Gasteiger partial charge in [0.2, 0.25) is 47.2 Å². The number of Topliss-reactive ketones (excluding diaryl/α,β-unsaturated/α-hetero) is 2. The number of ether oxygens (including phenoxy) is 2. The molecule has 1 aromatic heterocycles. The van der Waals surface area contributed by atoms with Crippen LogP contribution in [0.25, 0.3) is 0 Å². The Labute approximate surface area is 633 Å². The Morgan fingerprint density at radius 2 is 1.54 bits per heavy atom. The molecule has 8 aliphatic heterocycles. The second-order valence-electron chi connectivity index (χ2n) is 29.6. The van der Waals surface area contributed by atoms with E-state index in [1.54, 1.807) is 81.1 Å². The van der Waals surface area contributed by atoms with E-state index in [9.17, 15) is 33.9 Å². The number of nitrogens with one attached hydrogen (secondary N) is 4. The molecule has 578 valence electrons. The van der Waals surface area contributed by atoms with Gasteiger partial charge >= 0.3 is 11.9 Å². The summed E-state index contributed by atoms with van der Waals surface area (Å²) in [6.45, 7) is 12.9. The second-order valence-corrected chi connectivity index (χ2v) is 32.3. The number of likely N-dealkylation sites (N-methyl/N-ethyl adjacent to an activating group) is 1. The van der Waals surface area contributed by atoms with Gasteiger partial charge in [0.1, 0.15) is 65.8 Å². The summed E-state index contributed by atoms with van der Waals surface area (Å²) < 4.78 is 18.0. The number of thioether (sulfide) groups is 2. The number of aromatic nitrogens is 1. The Morgan fingerprint density at radius 1 is 0.804 bits per heavy atom. The van der Waals surface area contributed by atoms with Gasteiger partial charge in [-0.2, -0.15) is 23.5 Å². The molecule has 8 aliphatic rings. The molecular weight excluding hydrogens is 1410 g/mol. The lowest BCUT2D eigenvalue weighted by Crippen LogP contribution is -2.65. The van der Waals surface area contributed by atoms with E-state index in [0.29, 0.717) is 35.6 Å². The third-order valence-corrected chi connectivity index (χ3v) is 24.7. The number of anilines is 1. The highest BCUT2D eigenvalue weighted by atomic mass is 32.2. The number of aliphatic hydroxyl groups excluding tert-OH is 1. The van der Waals surface area contributed by atoms with Gasteiger partial charge in [-0.1, -0.05) is 93.1 Å². The van der Waals surface area contributed by atoms with Crippen LogP contribution in [0.5, 0.6) is 0 Å². The number of fused-ring (bicyclic) bond motifs is 8. The van der Waals surface area contributed by atoms with Gasteiger partial charge in [-0.3, -0.25) is 47.9 Å². The van der Waals surface area contributed by atoms with Gasteiger partial charge in [0.25, 0.3) is 5.91 Å². The lowest BCUT2D eigenvalue weighted by atomic mass is 9.88. The zero-order valence-corrected chi connectivity index (χ0v) is 64.2. The van der Waals surface area contributed by atoms with Gasteiger partial charge in [0, 0.05) is 119 Å². The smallest absolute Gasteiger partial charge is 0.333 e. The van der Waals surface area contributed by atoms with Crippen molar-refractivity contribution in [3.8, 4) is 0 Å². The standard InChI is InChI=1S/C78H103N11O16S2/c1-10-61-47(4)21-26-64(93)79-31-15-17-46(3)37-54(90)39-55(91)40-66-80-56(44-103-66)72(97)88-35-29-62(69(88)76(101)105-61)106-36-30-65(94)81-67-48(5)104-75(100)68(51-18-13-12-14-19-51)82-70(95)58-41-60(92)52(45-107-63-43-86-33-27-50(63)28-34-86)42-89(58)74(99)59(38-49-22-24-53(25-23-49)84(7)8)85(9)73(98)57-20-16-32-87(57)77(102)78(6,11-2)83-71(67)96/h12-15,17-19,21-26,37,44,47-48,50,52,54,57-59,61-63,67-69,90H,10-11,16,20,27-36,38-43,45H2,1-9H3,(H,79,93)(H,81,94)(H,82,95)(H,83,96)/b17-15+,26-21+,46-37+/t47-,48-,52+,54-,57+,58+,59+,61-,62?,63?,67+,68+,69?,78-/m1/s1. The summed E-state index contributed by atoms with van der Waals surface area (Å²) in [5.74, 6) is -8.38. The molecule has 3 unspecified atom stereocenters. The van der Waals surface area contributed by atoms with Gasteiger partial charge in [-0.25, -0.2) is 14.6 Å². The first-order valence-corrected chi connectivity index (χ1v) is 39.5. The maximum Gasteiger partial charge on any atom is 0.333 e. The maximum absolute atomic E-state index is 16.0. The van der Waals surface area contributed by atoms with E-state index >= 15 is 28.8 Å². The van der Waals surface area contributed by atoms with Crippen LogP contribution >= 0.6 is 23.5 Å². The van der Waals surface area contributed by atoms with Gasteiger partial charge in [0.05, 0.1) is 12.5 Å². The number of carbonyl (C=O) groups excluding carboxylic acids is 12. The van der Waals surface area contributed by atoms with Crippen molar-refractivity contribution in [2.75, 3.05) is 83.4 Å². The normalized spacial score (nSPS) is 31.8. The van der Waals surface area contributed by atoms with E-state index in [1.165, 1.54) is 64.4 Å². The summed E-state index contributed by atoms with van der Waals surface area (Å²) >= 11 is 2.89. The van der Waals surface area contributed by atoms with E-state index in [4.69, 9.17) is 13.9 Å². The Kier molecular flexibility index (Phi) is 27.6. The quantitative estimate of drug-likeness (QED) is 0.137. The van der Waals surface area contributed by atoms with Crippen molar-refractivity contribution in [2.45, 2.75) is 189 Å². The molecule has 0 radical (unpaired) electrons. The number of esters is 2. The van der Waals surface area contributed by atoms with Crippen LogP contribution in [0.1, 0.15) is 139 Å². The fraction of sp³-hybridized carbons (Fsp3) is 0.577. The molecule has 0 saturated carbocycles. The van der Waals surface area contributed by atoms with Crippen molar-refractivity contribution in [2.24, 2.45) is 17.8 Å². The molecule has 0 spiro atoms. The molecule has 7 saturated heterocycles. The first kappa shape index (κ1) is 80.9. The number of hydrogen-bond donors (Lipinski definition) is 5. The number of cyclic esters (lactones) is 2. The highest BCUT2D eigenvalue weighted by Gasteiger charge is 2.51. The summed E-state index contributed by atoms with van der Waals surface area (Å²) in [6.07, 6.45) is 7.31. The highest BCUT2D eigenvalue weighted by molar-refractivity contribution is 8.00. The molecule has 11 rings (SSSR count). The number of amides is 8. The lowest BCUT2D eigenvalue weighted by molar-refractivity contribution is -0.158. The molecule has 4 bridgehead atoms. The highest BCUT2D eigenvalue weighted by Crippen LogP contribution is 2.39. The predicted molar refractivity (Wildman–Crippen MR) is 402 cm³/mol. The zero-order chi connectivity index (χ0) is 77.0. The Balaban J connectivity index is 0.931. The average molecular weight is 1510 g/mol. The van der Waals surface area contributed by atoms with Crippen LogP contribution in [-0.4, -0.2) is 248 Å². The van der Waals surface area contributed by atoms with E-state index in [1.807, 2.05) is 50.2 Å². The average Bonchev–Trinajstić information content (AvgIpc) is 1.20. The van der Waals surface area contributed by atoms with Gasteiger partial charge in [0.15, 0.2) is 11.7 Å². The molecule has 9 heterocycles. The van der Waals surface area contributed by atoms with Crippen molar-refractivity contribution >= 4 is 100.0 Å². The summed E-state index contributed by atoms with van der Waals surface area (Å²) in [5.41, 5.74) is 0.506. The molecule has 8 amide bonds. The largest absolute Gasteiger partial charge is 0.460 e. The van der Waals surface area contributed by atoms with Crippen LogP contribution in [0.2, 0.25) is 0 Å². The third kappa shape index (κ3) is 20.0. The molecule has 27 nitrogen and oxygen atoms in total. The molecule has 2 aromatic carbocycles. The SMILES string of the molecule is CC[C@H]1OC(=O)C2C(SCCC(=O)N[C@@H]3C(=O)N[C@](C)(CC)C(=O)N4CCC[C@H]4C(=O)N(C)[C@@H](Cc4ccc(N(C)C)cc4)C(=O)N4C[C@@H](CSC5CN6CCC5CC6)C(=O)C[C@H]4C(=O)N[C@@H](c4ccccc4)C(=O)O[C@@H]3C)CCN2C(=O)c2coc(n2)CC(=O)C[C@H](O)/C=C(C)/C=C/CNC(=O)/C=C/[C@H]1C. The van der Waals surface area contributed by atoms with Crippen molar-refractivity contribution in [1.82, 2.24) is 50.8 Å². The van der Waals surface area contributed by atoms with Crippen molar-refractivity contribution in [3.05, 3.63) is 120 Å². The van der Waals surface area contributed by atoms with Gasteiger partial charge in [-0.15, -0.1) is 0 Å². The van der Waals surface area contributed by atoms with Crippen LogP contribution in [-0.2, 0) is 75.1 Å². The zero-order valence-electron chi connectivity index (χ0n) is 62.6. The molecule has 29 heteroatoms. The van der Waals surface area contributed by atoms with E-state index in [0.717, 1.165) is 44.4 Å². The fourth-order valence-electron chi connectivity index (χ4n) is 15.3. The molecule has 0 aliphatic carbocycles. The van der Waals surface area contributed by atoms with Gasteiger partial charge < -0.3 is 69.7 Å². The monoisotopic (exact) mass is 1510 g/mol. The summed E-state index contributed by atoms with van der Waals surface area (Å²) in [5, 5.41) is 21.5. The van der Waals surface area contributed by atoms with Crippen molar-refractivity contribution in [1.29, 1.82) is 0 Å². The first-order valence-electron chi connectivity index (χ1n) is 37.4. The topological polar surface area (TPSA) is 337 Å². The number of benzene rings is 2. The van der Waals surface area contributed by atoms with Crippen LogP contribution in [0.4, 0.5) is 5.69 Å². The summed E-state index contributed by atoms with van der Waals surface area (Å²) in [7, 11) is 5.30. The van der Waals surface area contributed by atoms with Gasteiger partial charge in [-0.05, 0) is 114 Å². The fourth-order valence-corrected chi connectivity index (χ4v) is 18.2. The minimum absolute atomic E-state index is 0.0135. The maximum atomic E-state index is 16.0. The third-order valence-electron chi connectivity index (χ3n) is 21.8. The van der Waals surface area contributed by atoms with E-state index in [-0.39, 0.29) is 105 Å². The molecule has 7 fully saturated rings. The Hall–Kier alpha value is -8.67. The molecule has 14 atom stereocenters. The number of aliphatic hydroxyl groups is 1. The number of piperidine rings is 4. The minimum Gasteiger partial charge on any atom is -0.460 e. The second kappa shape index (κ2) is 36.5. The van der Waals surface area contributed by atoms with Crippen LogP contribution in [0.15, 0.2) is 101 Å². The van der Waals surface area contributed by atoms with E-state index in [2.05, 4.69) is 31.2 Å². The summed E-state index contributed by atoms with van der Waals surface area (Å²) in [4.78, 5) is 191. The minimum atomic E-state index is -1.76. The first-order chi connectivity index (χ1) is 51.1. The molecule has 3 aromatic rings. The number of rotatable bonds is 14. The number of allylic oxidation sites excluding steroid dienone is 2. The number of nitrogens with zero attached hydrogens (tertiary/aromatic N) is 7. The lowest BCUT2D eigenvalue weighted by Gasteiger charge is -2.45. The number of hydrogen-bond acceptors (Lipinski definition) is 21. The van der Waals surface area contributed by atoms with Crippen LogP contribution in [0.3, 0.4) is 0 Å². The molecular formula is C78H103N11O16S2. The Morgan fingerprint density at radius 3 is 2.23 bits per heavy atom. The molecule has 5 N–H and O–H groups in total. The van der Waals surface area contributed by atoms with Crippen LogP contribution in [0, 0.1) is 17.8 Å². The van der Waals surface area contributed by atoms with Crippen LogP contribution < -0.4 is 26.2 Å². The summed E-state index contributed by atoms with van der Waals surface area (Å²) in [6, 6.07) is 7.15. The molecule has 107 heavy (non-hydrogen) atoms. The van der Waals surface area contributed by atoms with Crippen molar-refractivity contribution < 1.29 is 76.5 Å². The number of oxazole rings is 1. The van der Waals surface area contributed by atoms with E-state index < -0.39 is 149 Å². The number of carbonyl (C=O) groups is 12. The van der Waals surface area contributed by atoms with Crippen molar-refractivity contribution in [3.63, 3.8) is 0 Å². The number of ketones is 2. The Bertz CT molecular complexity index is 3860.